The summed E-state index contributed by atoms with van der Waals surface area (Å²) >= 11 is 0. The predicted molar refractivity (Wildman–Crippen MR) is 48.0 cm³/mol. The standard InChI is InChI=1S/C10H16/c1-5-10(6-2)8-7-9(3)4/h5,7-8H,3,6H2,1-2,4H3/b8-7-,10-5+. The molecule has 0 aromatic carbocycles. The molecule has 0 nitrogen and oxygen atoms in total. The van der Waals surface area contributed by atoms with Gasteiger partial charge in [0, 0.05) is 0 Å². The van der Waals surface area contributed by atoms with Crippen molar-refractivity contribution in [3.05, 3.63) is 36.0 Å². The maximum Gasteiger partial charge on any atom is -0.0311 e. The quantitative estimate of drug-likeness (QED) is 0.521. The van der Waals surface area contributed by atoms with Crippen molar-refractivity contribution in [3.63, 3.8) is 0 Å². The van der Waals surface area contributed by atoms with Gasteiger partial charge < -0.3 is 0 Å². The third-order valence-electron chi connectivity index (χ3n) is 1.36. The Morgan fingerprint density at radius 3 is 2.30 bits per heavy atom. The smallest absolute Gasteiger partial charge is 0.0311 e. The lowest BCUT2D eigenvalue weighted by Gasteiger charge is -1.92. The first-order chi connectivity index (χ1) is 4.70. The maximum atomic E-state index is 3.78. The molecule has 0 aliphatic rings. The van der Waals surface area contributed by atoms with Crippen LogP contribution in [0.3, 0.4) is 0 Å². The minimum Gasteiger partial charge on any atom is -0.0961 e. The van der Waals surface area contributed by atoms with E-state index in [9.17, 15) is 0 Å². The first-order valence-corrected chi connectivity index (χ1v) is 3.69. The van der Waals surface area contributed by atoms with Gasteiger partial charge in [-0.05, 0) is 20.3 Å². The zero-order chi connectivity index (χ0) is 7.98. The highest BCUT2D eigenvalue weighted by Crippen LogP contribution is 2.03. The fourth-order valence-electron chi connectivity index (χ4n) is 0.667. The highest BCUT2D eigenvalue weighted by Gasteiger charge is 1.82. The van der Waals surface area contributed by atoms with Crippen LogP contribution in [0.5, 0.6) is 0 Å². The van der Waals surface area contributed by atoms with Crippen molar-refractivity contribution < 1.29 is 0 Å². The summed E-state index contributed by atoms with van der Waals surface area (Å²) in [6.45, 7) is 9.99. The lowest BCUT2D eigenvalue weighted by atomic mass is 10.1. The summed E-state index contributed by atoms with van der Waals surface area (Å²) in [7, 11) is 0. The molecule has 0 aliphatic heterocycles. The molecule has 0 saturated carbocycles. The summed E-state index contributed by atoms with van der Waals surface area (Å²) in [5.41, 5.74) is 2.47. The lowest BCUT2D eigenvalue weighted by molar-refractivity contribution is 1.14. The van der Waals surface area contributed by atoms with Gasteiger partial charge >= 0.3 is 0 Å². The minimum absolute atomic E-state index is 1.10. The second kappa shape index (κ2) is 5.04. The fraction of sp³-hybridized carbons (Fsp3) is 0.400. The lowest BCUT2D eigenvalue weighted by Crippen LogP contribution is -1.72. The second-order valence-corrected chi connectivity index (χ2v) is 2.40. The van der Waals surface area contributed by atoms with Crippen LogP contribution in [-0.2, 0) is 0 Å². The van der Waals surface area contributed by atoms with E-state index in [-0.39, 0.29) is 0 Å². The molecular weight excluding hydrogens is 120 g/mol. The molecule has 0 heteroatoms. The van der Waals surface area contributed by atoms with Gasteiger partial charge in [0.2, 0.25) is 0 Å². The molecule has 0 bridgehead atoms. The van der Waals surface area contributed by atoms with Gasteiger partial charge in [-0.3, -0.25) is 0 Å². The molecule has 10 heavy (non-hydrogen) atoms. The number of allylic oxidation sites excluding steroid dienone is 5. The van der Waals surface area contributed by atoms with Crippen LogP contribution in [0.2, 0.25) is 0 Å². The zero-order valence-electron chi connectivity index (χ0n) is 7.15. The van der Waals surface area contributed by atoms with Gasteiger partial charge in [0.15, 0.2) is 0 Å². The highest BCUT2D eigenvalue weighted by atomic mass is 13.9. The molecule has 0 aliphatic carbocycles. The largest absolute Gasteiger partial charge is 0.0961 e. The molecule has 0 aromatic heterocycles. The Labute approximate surface area is 64.0 Å². The predicted octanol–water partition coefficient (Wildman–Crippen LogP) is 3.48. The Kier molecular flexibility index (Phi) is 4.65. The average molecular weight is 136 g/mol. The Bertz CT molecular complexity index is 159. The molecule has 0 fully saturated rings. The average Bonchev–Trinajstić information content (AvgIpc) is 1.90. The van der Waals surface area contributed by atoms with E-state index >= 15 is 0 Å². The monoisotopic (exact) mass is 136 g/mol. The maximum absolute atomic E-state index is 3.78. The Morgan fingerprint density at radius 1 is 1.40 bits per heavy atom. The molecule has 0 amide bonds. The van der Waals surface area contributed by atoms with Crippen LogP contribution < -0.4 is 0 Å². The fourth-order valence-corrected chi connectivity index (χ4v) is 0.667. The zero-order valence-corrected chi connectivity index (χ0v) is 7.15. The molecule has 0 spiro atoms. The number of hydrogen-bond acceptors (Lipinski definition) is 0. The van der Waals surface area contributed by atoms with Gasteiger partial charge in [-0.1, -0.05) is 42.9 Å². The van der Waals surface area contributed by atoms with E-state index in [1.807, 2.05) is 13.0 Å². The first kappa shape index (κ1) is 9.22. The second-order valence-electron chi connectivity index (χ2n) is 2.40. The van der Waals surface area contributed by atoms with E-state index in [4.69, 9.17) is 0 Å². The number of rotatable bonds is 3. The molecule has 56 valence electrons. The van der Waals surface area contributed by atoms with Crippen molar-refractivity contribution in [2.24, 2.45) is 0 Å². The van der Waals surface area contributed by atoms with Crippen LogP contribution in [0.15, 0.2) is 36.0 Å². The molecule has 0 heterocycles. The van der Waals surface area contributed by atoms with Crippen molar-refractivity contribution in [2.45, 2.75) is 27.2 Å². The van der Waals surface area contributed by atoms with Gasteiger partial charge in [-0.15, -0.1) is 0 Å². The van der Waals surface area contributed by atoms with Crippen LogP contribution in [0.4, 0.5) is 0 Å². The van der Waals surface area contributed by atoms with Crippen molar-refractivity contribution in [3.8, 4) is 0 Å². The van der Waals surface area contributed by atoms with Crippen LogP contribution in [0.1, 0.15) is 27.2 Å². The number of hydrogen-bond donors (Lipinski definition) is 0. The highest BCUT2D eigenvalue weighted by molar-refractivity contribution is 5.24. The van der Waals surface area contributed by atoms with Crippen LogP contribution in [0.25, 0.3) is 0 Å². The van der Waals surface area contributed by atoms with Crippen molar-refractivity contribution in [1.82, 2.24) is 0 Å². The normalized spacial score (nSPS) is 12.5. The van der Waals surface area contributed by atoms with Gasteiger partial charge in [0.25, 0.3) is 0 Å². The van der Waals surface area contributed by atoms with E-state index < -0.39 is 0 Å². The summed E-state index contributed by atoms with van der Waals surface area (Å²) in [4.78, 5) is 0. The van der Waals surface area contributed by atoms with Crippen LogP contribution >= 0.6 is 0 Å². The van der Waals surface area contributed by atoms with Gasteiger partial charge in [-0.2, -0.15) is 0 Å². The molecule has 0 rings (SSSR count). The molecule has 0 saturated heterocycles. The molecular formula is C10H16. The summed E-state index contributed by atoms with van der Waals surface area (Å²) in [5, 5.41) is 0. The van der Waals surface area contributed by atoms with E-state index in [0.717, 1.165) is 12.0 Å². The van der Waals surface area contributed by atoms with Crippen LogP contribution in [0, 0.1) is 0 Å². The van der Waals surface area contributed by atoms with Crippen molar-refractivity contribution in [2.75, 3.05) is 0 Å². The van der Waals surface area contributed by atoms with Gasteiger partial charge in [0.1, 0.15) is 0 Å². The van der Waals surface area contributed by atoms with E-state index in [2.05, 4.69) is 32.6 Å². The topological polar surface area (TPSA) is 0 Å². The molecule has 0 N–H and O–H groups in total. The third-order valence-corrected chi connectivity index (χ3v) is 1.36. The van der Waals surface area contributed by atoms with Crippen molar-refractivity contribution in [1.29, 1.82) is 0 Å². The SMILES string of the molecule is C=C(C)/C=C\C(=C\C)CC. The van der Waals surface area contributed by atoms with Crippen molar-refractivity contribution >= 4 is 0 Å². The van der Waals surface area contributed by atoms with Crippen LogP contribution in [-0.4, -0.2) is 0 Å². The molecule has 0 aromatic rings. The minimum atomic E-state index is 1.10. The third kappa shape index (κ3) is 4.13. The molecule has 0 atom stereocenters. The van der Waals surface area contributed by atoms with Gasteiger partial charge in [0.05, 0.1) is 0 Å². The van der Waals surface area contributed by atoms with E-state index in [1.54, 1.807) is 0 Å². The Morgan fingerprint density at radius 2 is 2.00 bits per heavy atom. The summed E-state index contributed by atoms with van der Waals surface area (Å²) in [6, 6.07) is 0. The first-order valence-electron chi connectivity index (χ1n) is 3.69. The summed E-state index contributed by atoms with van der Waals surface area (Å²) in [6.07, 6.45) is 7.38. The molecule has 0 radical (unpaired) electrons. The summed E-state index contributed by atoms with van der Waals surface area (Å²) < 4.78 is 0. The van der Waals surface area contributed by atoms with E-state index in [1.165, 1.54) is 5.57 Å². The summed E-state index contributed by atoms with van der Waals surface area (Å²) in [5.74, 6) is 0. The Balaban J connectivity index is 3.98. The van der Waals surface area contributed by atoms with E-state index in [0.29, 0.717) is 0 Å². The Hall–Kier alpha value is -0.780. The van der Waals surface area contributed by atoms with Gasteiger partial charge in [-0.25, -0.2) is 0 Å². The molecule has 0 unspecified atom stereocenters.